The fourth-order valence-corrected chi connectivity index (χ4v) is 4.00. The minimum Gasteiger partial charge on any atom is -0.393 e. The normalized spacial score (nSPS) is 23.2. The molecule has 1 aromatic rings. The highest BCUT2D eigenvalue weighted by molar-refractivity contribution is 7.89. The number of benzene rings is 1. The number of aliphatic hydroxyl groups is 1. The summed E-state index contributed by atoms with van der Waals surface area (Å²) in [5, 5.41) is 10.1. The summed E-state index contributed by atoms with van der Waals surface area (Å²) in [6.07, 6.45) is 1.16. The molecule has 0 spiro atoms. The van der Waals surface area contributed by atoms with E-state index in [4.69, 9.17) is 11.6 Å². The summed E-state index contributed by atoms with van der Waals surface area (Å²) in [5.74, 6) is 0.0100. The lowest BCUT2D eigenvalue weighted by atomic mass is 9.95. The molecule has 0 saturated carbocycles. The van der Waals surface area contributed by atoms with Crippen LogP contribution in [0.25, 0.3) is 0 Å². The summed E-state index contributed by atoms with van der Waals surface area (Å²) >= 11 is 5.77. The summed E-state index contributed by atoms with van der Waals surface area (Å²) in [5.41, 5.74) is 0. The van der Waals surface area contributed by atoms with Crippen molar-refractivity contribution in [2.75, 3.05) is 13.1 Å². The lowest BCUT2D eigenvalue weighted by Gasteiger charge is -2.33. The molecule has 19 heavy (non-hydrogen) atoms. The smallest absolute Gasteiger partial charge is 0.243 e. The number of halogens is 1. The molecular formula is C13H18ClNO3S. The number of hydrogen-bond donors (Lipinski definition) is 1. The molecule has 0 aromatic heterocycles. The monoisotopic (exact) mass is 303 g/mol. The molecular weight excluding hydrogens is 286 g/mol. The highest BCUT2D eigenvalue weighted by Gasteiger charge is 2.31. The molecule has 0 radical (unpaired) electrons. The second-order valence-corrected chi connectivity index (χ2v) is 7.33. The number of aliphatic hydroxyl groups excluding tert-OH is 1. The Labute approximate surface area is 119 Å². The second kappa shape index (κ2) is 5.79. The Morgan fingerprint density at radius 1 is 1.37 bits per heavy atom. The van der Waals surface area contributed by atoms with Crippen molar-refractivity contribution in [3.8, 4) is 0 Å². The molecule has 2 atom stereocenters. The maximum absolute atomic E-state index is 12.5. The van der Waals surface area contributed by atoms with Crippen molar-refractivity contribution in [2.24, 2.45) is 5.92 Å². The van der Waals surface area contributed by atoms with E-state index in [0.29, 0.717) is 18.1 Å². The molecule has 1 heterocycles. The van der Waals surface area contributed by atoms with Gasteiger partial charge in [0.1, 0.15) is 0 Å². The highest BCUT2D eigenvalue weighted by atomic mass is 35.5. The van der Waals surface area contributed by atoms with Gasteiger partial charge in [-0.05, 0) is 49.9 Å². The Balaban J connectivity index is 2.22. The SMILES string of the molecule is CC(O)C1CCCN(S(=O)(=O)c2ccc(Cl)cc2)C1. The van der Waals surface area contributed by atoms with Crippen LogP contribution in [-0.4, -0.2) is 37.0 Å². The summed E-state index contributed by atoms with van der Waals surface area (Å²) in [4.78, 5) is 0.253. The van der Waals surface area contributed by atoms with Crippen LogP contribution in [0.1, 0.15) is 19.8 Å². The Morgan fingerprint density at radius 2 is 2.00 bits per heavy atom. The van der Waals surface area contributed by atoms with Gasteiger partial charge in [0.05, 0.1) is 11.0 Å². The van der Waals surface area contributed by atoms with E-state index in [1.54, 1.807) is 19.1 Å². The van der Waals surface area contributed by atoms with Crippen LogP contribution in [0.4, 0.5) is 0 Å². The van der Waals surface area contributed by atoms with E-state index in [1.165, 1.54) is 16.4 Å². The molecule has 2 unspecified atom stereocenters. The molecule has 0 amide bonds. The number of hydrogen-bond acceptors (Lipinski definition) is 3. The topological polar surface area (TPSA) is 57.6 Å². The number of nitrogens with zero attached hydrogens (tertiary/aromatic N) is 1. The maximum atomic E-state index is 12.5. The molecule has 1 aliphatic heterocycles. The third-order valence-corrected chi connectivity index (χ3v) is 5.69. The van der Waals surface area contributed by atoms with E-state index in [-0.39, 0.29) is 10.8 Å². The Bertz CT molecular complexity index is 527. The van der Waals surface area contributed by atoms with E-state index in [9.17, 15) is 13.5 Å². The highest BCUT2D eigenvalue weighted by Crippen LogP contribution is 2.26. The van der Waals surface area contributed by atoms with Crippen molar-refractivity contribution in [1.82, 2.24) is 4.31 Å². The molecule has 1 aromatic carbocycles. The molecule has 2 rings (SSSR count). The summed E-state index contributed by atoms with van der Waals surface area (Å²) in [6, 6.07) is 6.18. The van der Waals surface area contributed by atoms with Crippen LogP contribution >= 0.6 is 11.6 Å². The molecule has 106 valence electrons. The van der Waals surface area contributed by atoms with Crippen LogP contribution in [-0.2, 0) is 10.0 Å². The van der Waals surface area contributed by atoms with E-state index >= 15 is 0 Å². The summed E-state index contributed by atoms with van der Waals surface area (Å²) in [7, 11) is -3.48. The van der Waals surface area contributed by atoms with Crippen molar-refractivity contribution < 1.29 is 13.5 Å². The predicted molar refractivity (Wildman–Crippen MR) is 74.6 cm³/mol. The second-order valence-electron chi connectivity index (χ2n) is 4.96. The number of piperidine rings is 1. The van der Waals surface area contributed by atoms with Crippen molar-refractivity contribution in [1.29, 1.82) is 0 Å². The average Bonchev–Trinajstić information content (AvgIpc) is 2.39. The van der Waals surface area contributed by atoms with Crippen LogP contribution in [0.15, 0.2) is 29.2 Å². The lowest BCUT2D eigenvalue weighted by molar-refractivity contribution is 0.0885. The van der Waals surface area contributed by atoms with Gasteiger partial charge in [0.15, 0.2) is 0 Å². The van der Waals surface area contributed by atoms with Gasteiger partial charge in [-0.15, -0.1) is 0 Å². The third kappa shape index (κ3) is 3.28. The van der Waals surface area contributed by atoms with Gasteiger partial charge in [-0.1, -0.05) is 11.6 Å². The van der Waals surface area contributed by atoms with Crippen molar-refractivity contribution in [3.05, 3.63) is 29.3 Å². The summed E-state index contributed by atoms with van der Waals surface area (Å²) in [6.45, 7) is 2.60. The van der Waals surface area contributed by atoms with Crippen molar-refractivity contribution in [3.63, 3.8) is 0 Å². The third-order valence-electron chi connectivity index (χ3n) is 3.55. The van der Waals surface area contributed by atoms with E-state index in [2.05, 4.69) is 0 Å². The van der Waals surface area contributed by atoms with Crippen LogP contribution in [0.5, 0.6) is 0 Å². The van der Waals surface area contributed by atoms with Gasteiger partial charge in [-0.3, -0.25) is 0 Å². The fraction of sp³-hybridized carbons (Fsp3) is 0.538. The van der Waals surface area contributed by atoms with E-state index in [1.807, 2.05) is 0 Å². The largest absolute Gasteiger partial charge is 0.393 e. The van der Waals surface area contributed by atoms with Gasteiger partial charge in [-0.2, -0.15) is 4.31 Å². The zero-order valence-electron chi connectivity index (χ0n) is 10.8. The molecule has 0 bridgehead atoms. The minimum atomic E-state index is -3.48. The quantitative estimate of drug-likeness (QED) is 0.930. The van der Waals surface area contributed by atoms with Gasteiger partial charge >= 0.3 is 0 Å². The van der Waals surface area contributed by atoms with Crippen LogP contribution in [0.2, 0.25) is 5.02 Å². The molecule has 1 fully saturated rings. The van der Waals surface area contributed by atoms with Gasteiger partial charge in [-0.25, -0.2) is 8.42 Å². The molecule has 1 aliphatic rings. The van der Waals surface area contributed by atoms with Crippen LogP contribution in [0, 0.1) is 5.92 Å². The Hall–Kier alpha value is -0.620. The van der Waals surface area contributed by atoms with Crippen molar-refractivity contribution >= 4 is 21.6 Å². The number of sulfonamides is 1. The lowest BCUT2D eigenvalue weighted by Crippen LogP contribution is -2.42. The first-order valence-corrected chi connectivity index (χ1v) is 8.17. The van der Waals surface area contributed by atoms with Gasteiger partial charge < -0.3 is 5.11 Å². The first kappa shape index (κ1) is 14.8. The first-order valence-electron chi connectivity index (χ1n) is 6.35. The molecule has 6 heteroatoms. The average molecular weight is 304 g/mol. The molecule has 4 nitrogen and oxygen atoms in total. The first-order chi connectivity index (χ1) is 8.91. The Kier molecular flexibility index (Phi) is 4.50. The Morgan fingerprint density at radius 3 is 2.58 bits per heavy atom. The standard InChI is InChI=1S/C13H18ClNO3S/c1-10(16)11-3-2-8-15(9-11)19(17,18)13-6-4-12(14)5-7-13/h4-7,10-11,16H,2-3,8-9H2,1H3. The minimum absolute atomic E-state index is 0.0100. The van der Waals surface area contributed by atoms with E-state index in [0.717, 1.165) is 12.8 Å². The van der Waals surface area contributed by atoms with Gasteiger partial charge in [0.2, 0.25) is 10.0 Å². The van der Waals surface area contributed by atoms with Gasteiger partial charge in [0, 0.05) is 18.1 Å². The van der Waals surface area contributed by atoms with Crippen molar-refractivity contribution in [2.45, 2.75) is 30.8 Å². The fourth-order valence-electron chi connectivity index (χ4n) is 2.34. The maximum Gasteiger partial charge on any atom is 0.243 e. The molecule has 0 aliphatic carbocycles. The van der Waals surface area contributed by atoms with Crippen LogP contribution in [0.3, 0.4) is 0 Å². The zero-order chi connectivity index (χ0) is 14.0. The molecule has 1 N–H and O–H groups in total. The predicted octanol–water partition coefficient (Wildman–Crippen LogP) is 2.12. The van der Waals surface area contributed by atoms with Gasteiger partial charge in [0.25, 0.3) is 0 Å². The zero-order valence-corrected chi connectivity index (χ0v) is 12.4. The number of rotatable bonds is 3. The summed E-state index contributed by atoms with van der Waals surface area (Å²) < 4.78 is 26.4. The molecule has 1 saturated heterocycles. The van der Waals surface area contributed by atoms with Crippen LogP contribution < -0.4 is 0 Å². The van der Waals surface area contributed by atoms with E-state index < -0.39 is 16.1 Å².